The maximum atomic E-state index is 14.0. The first-order valence-corrected chi connectivity index (χ1v) is 10.9. The second kappa shape index (κ2) is 8.02. The first-order valence-electron chi connectivity index (χ1n) is 9.46. The lowest BCUT2D eigenvalue weighted by molar-refractivity contribution is 0.224. The maximum absolute atomic E-state index is 14.0. The van der Waals surface area contributed by atoms with E-state index in [9.17, 15) is 17.6 Å². The minimum atomic E-state index is -4.20. The summed E-state index contributed by atoms with van der Waals surface area (Å²) in [6.07, 6.45) is 1.88. The van der Waals surface area contributed by atoms with Crippen molar-refractivity contribution in [2.45, 2.75) is 57.4 Å². The number of aromatic nitrogens is 2. The number of amides is 2. The number of anilines is 1. The van der Waals surface area contributed by atoms with Crippen LogP contribution in [0.15, 0.2) is 23.2 Å². The summed E-state index contributed by atoms with van der Waals surface area (Å²) in [6.45, 7) is 8.41. The van der Waals surface area contributed by atoms with E-state index in [2.05, 4.69) is 10.4 Å². The normalized spacial score (nSPS) is 13.9. The average Bonchev–Trinajstić information content (AvgIpc) is 3.07. The number of ether oxygens (including phenoxy) is 1. The molecule has 2 amide bonds. The molecule has 0 unspecified atom stereocenters. The molecule has 0 bridgehead atoms. The highest BCUT2D eigenvalue weighted by atomic mass is 32.2. The zero-order valence-electron chi connectivity index (χ0n) is 16.8. The van der Waals surface area contributed by atoms with Crippen molar-refractivity contribution in [3.63, 3.8) is 0 Å². The van der Waals surface area contributed by atoms with E-state index in [0.717, 1.165) is 12.6 Å². The van der Waals surface area contributed by atoms with E-state index < -0.39 is 21.9 Å². The Morgan fingerprint density at radius 3 is 2.41 bits per heavy atom. The molecule has 0 radical (unpaired) electrons. The lowest BCUT2D eigenvalue weighted by Crippen LogP contribution is -2.35. The molecule has 2 heterocycles. The van der Waals surface area contributed by atoms with Gasteiger partial charge in [0.25, 0.3) is 10.0 Å². The molecule has 0 fully saturated rings. The third kappa shape index (κ3) is 4.36. The predicted molar refractivity (Wildman–Crippen MR) is 106 cm³/mol. The second-order valence-electron chi connectivity index (χ2n) is 7.57. The smallest absolute Gasteiger partial charge is 0.333 e. The molecular weight excluding hydrogens is 399 g/mol. The fourth-order valence-corrected chi connectivity index (χ4v) is 4.24. The highest BCUT2D eigenvalue weighted by Crippen LogP contribution is 2.34. The number of halogens is 1. The molecule has 1 aliphatic heterocycles. The number of hydrogen-bond donors (Lipinski definition) is 2. The van der Waals surface area contributed by atoms with Crippen LogP contribution in [-0.4, -0.2) is 30.8 Å². The molecule has 2 aromatic rings. The molecule has 2 N–H and O–H groups in total. The van der Waals surface area contributed by atoms with Crippen LogP contribution in [0.1, 0.15) is 57.1 Å². The van der Waals surface area contributed by atoms with Gasteiger partial charge in [-0.25, -0.2) is 27.0 Å². The van der Waals surface area contributed by atoms with Gasteiger partial charge in [0.2, 0.25) is 5.88 Å². The number of hydrogen-bond acceptors (Lipinski definition) is 5. The number of urea groups is 1. The Bertz CT molecular complexity index is 1000. The minimum absolute atomic E-state index is 0.0776. The van der Waals surface area contributed by atoms with Gasteiger partial charge in [0.05, 0.1) is 12.8 Å². The summed E-state index contributed by atoms with van der Waals surface area (Å²) >= 11 is 0. The van der Waals surface area contributed by atoms with Crippen molar-refractivity contribution in [2.24, 2.45) is 0 Å². The molecule has 0 atom stereocenters. The highest BCUT2D eigenvalue weighted by Gasteiger charge is 2.29. The Morgan fingerprint density at radius 1 is 1.21 bits per heavy atom. The molecule has 1 aromatic carbocycles. The van der Waals surface area contributed by atoms with E-state index in [0.29, 0.717) is 30.0 Å². The van der Waals surface area contributed by atoms with Gasteiger partial charge in [-0.15, -0.1) is 0 Å². The molecule has 10 heteroatoms. The fraction of sp³-hybridized carbons (Fsp3) is 0.474. The quantitative estimate of drug-likeness (QED) is 0.764. The van der Waals surface area contributed by atoms with E-state index in [1.54, 1.807) is 0 Å². The van der Waals surface area contributed by atoms with E-state index in [1.165, 1.54) is 16.8 Å². The largest absolute Gasteiger partial charge is 0.477 e. The van der Waals surface area contributed by atoms with E-state index in [1.807, 2.05) is 32.4 Å². The number of carbonyl (C=O) groups is 1. The predicted octanol–water partition coefficient (Wildman–Crippen LogP) is 3.56. The summed E-state index contributed by atoms with van der Waals surface area (Å²) in [7, 11) is -4.20. The average molecular weight is 424 g/mol. The monoisotopic (exact) mass is 424 g/mol. The summed E-state index contributed by atoms with van der Waals surface area (Å²) in [4.78, 5) is 12.4. The van der Waals surface area contributed by atoms with Gasteiger partial charge in [-0.3, -0.25) is 0 Å². The van der Waals surface area contributed by atoms with Crippen LogP contribution in [0, 0.1) is 5.82 Å². The third-order valence-corrected chi connectivity index (χ3v) is 5.99. The molecule has 0 aliphatic carbocycles. The Hall–Kier alpha value is -2.62. The summed E-state index contributed by atoms with van der Waals surface area (Å²) in [6, 6.07) is 1.77. The summed E-state index contributed by atoms with van der Waals surface area (Å²) in [5, 5.41) is 6.60. The molecule has 29 heavy (non-hydrogen) atoms. The van der Waals surface area contributed by atoms with Crippen molar-refractivity contribution >= 4 is 21.7 Å². The highest BCUT2D eigenvalue weighted by molar-refractivity contribution is 7.90. The zero-order chi connectivity index (χ0) is 21.3. The van der Waals surface area contributed by atoms with E-state index in [4.69, 9.17) is 4.74 Å². The number of nitrogens with one attached hydrogen (secondary N) is 2. The first kappa shape index (κ1) is 21.1. The Kier molecular flexibility index (Phi) is 5.83. The van der Waals surface area contributed by atoms with Crippen LogP contribution in [0.5, 0.6) is 5.88 Å². The van der Waals surface area contributed by atoms with Crippen molar-refractivity contribution in [1.29, 1.82) is 0 Å². The van der Waals surface area contributed by atoms with Gasteiger partial charge in [0.15, 0.2) is 4.90 Å². The van der Waals surface area contributed by atoms with Crippen LogP contribution >= 0.6 is 0 Å². The fourth-order valence-electron chi connectivity index (χ4n) is 3.25. The van der Waals surface area contributed by atoms with Crippen molar-refractivity contribution in [2.75, 3.05) is 11.9 Å². The Morgan fingerprint density at radius 2 is 1.83 bits per heavy atom. The lowest BCUT2D eigenvalue weighted by Gasteiger charge is -2.21. The molecule has 1 aromatic heterocycles. The van der Waals surface area contributed by atoms with Gasteiger partial charge < -0.3 is 10.1 Å². The van der Waals surface area contributed by atoms with Gasteiger partial charge in [-0.05, 0) is 35.1 Å². The number of carbonyl (C=O) groups excluding carboxylic acids is 1. The molecule has 0 saturated carbocycles. The molecule has 8 nitrogen and oxygen atoms in total. The van der Waals surface area contributed by atoms with E-state index in [-0.39, 0.29) is 22.6 Å². The van der Waals surface area contributed by atoms with Crippen molar-refractivity contribution in [3.8, 4) is 5.88 Å². The minimum Gasteiger partial charge on any atom is -0.477 e. The molecular formula is C19H25FN4O4S. The second-order valence-corrected chi connectivity index (χ2v) is 9.22. The van der Waals surface area contributed by atoms with Crippen LogP contribution < -0.4 is 14.8 Å². The first-order chi connectivity index (χ1) is 13.6. The van der Waals surface area contributed by atoms with Gasteiger partial charge in [0, 0.05) is 18.7 Å². The van der Waals surface area contributed by atoms with Gasteiger partial charge in [-0.1, -0.05) is 27.7 Å². The van der Waals surface area contributed by atoms with Crippen molar-refractivity contribution in [1.82, 2.24) is 14.5 Å². The van der Waals surface area contributed by atoms with Gasteiger partial charge in [-0.2, -0.15) is 5.10 Å². The standard InChI is InChI=1S/C19H25FN4O4S/c1-11(2)14-8-13(20)9-15(12(3)4)17(14)22-19(25)23-29(26,27)16-10-21-24-6-5-7-28-18(16)24/h8-12H,5-7H2,1-4H3,(H2,22,23,25). The van der Waals surface area contributed by atoms with Gasteiger partial charge >= 0.3 is 6.03 Å². The summed E-state index contributed by atoms with van der Waals surface area (Å²) < 4.78 is 48.3. The number of nitrogens with zero attached hydrogens (tertiary/aromatic N) is 2. The van der Waals surface area contributed by atoms with Crippen LogP contribution in [0.2, 0.25) is 0 Å². The SMILES string of the molecule is CC(C)c1cc(F)cc(C(C)C)c1NC(=O)NS(=O)(=O)c1cnn2c1OCCC2. The van der Waals surface area contributed by atoms with Crippen LogP contribution in [-0.2, 0) is 16.6 Å². The summed E-state index contributed by atoms with van der Waals surface area (Å²) in [5.74, 6) is -0.443. The van der Waals surface area contributed by atoms with Crippen molar-refractivity contribution < 1.29 is 22.3 Å². The lowest BCUT2D eigenvalue weighted by atomic mass is 9.92. The zero-order valence-corrected chi connectivity index (χ0v) is 17.6. The van der Waals surface area contributed by atoms with Crippen molar-refractivity contribution in [3.05, 3.63) is 35.3 Å². The molecule has 0 saturated heterocycles. The van der Waals surface area contributed by atoms with Crippen LogP contribution in [0.25, 0.3) is 0 Å². The summed E-state index contributed by atoms with van der Waals surface area (Å²) in [5.41, 5.74) is 1.59. The number of rotatable bonds is 5. The molecule has 3 rings (SSSR count). The number of aryl methyl sites for hydroxylation is 1. The van der Waals surface area contributed by atoms with E-state index >= 15 is 0 Å². The van der Waals surface area contributed by atoms with Crippen LogP contribution in [0.4, 0.5) is 14.9 Å². The molecule has 158 valence electrons. The number of benzene rings is 1. The number of fused-ring (bicyclic) bond motifs is 1. The molecule has 0 spiro atoms. The maximum Gasteiger partial charge on any atom is 0.333 e. The van der Waals surface area contributed by atoms with Crippen LogP contribution in [0.3, 0.4) is 0 Å². The topological polar surface area (TPSA) is 102 Å². The third-order valence-electron chi connectivity index (χ3n) is 4.68. The Labute approximate surface area is 169 Å². The molecule has 1 aliphatic rings. The Balaban J connectivity index is 1.88. The van der Waals surface area contributed by atoms with Gasteiger partial charge in [0.1, 0.15) is 5.82 Å². The number of sulfonamides is 1.